The van der Waals surface area contributed by atoms with Gasteiger partial charge in [0.25, 0.3) is 0 Å². The average molecular weight is 195 g/mol. The summed E-state index contributed by atoms with van der Waals surface area (Å²) < 4.78 is 0. The molecule has 0 bridgehead atoms. The highest BCUT2D eigenvalue weighted by Crippen LogP contribution is 2.11. The van der Waals surface area contributed by atoms with E-state index in [9.17, 15) is 0 Å². The molecule has 3 heteroatoms. The fourth-order valence-electron chi connectivity index (χ4n) is 1.19. The van der Waals surface area contributed by atoms with Crippen molar-refractivity contribution in [2.24, 2.45) is 10.8 Å². The number of hydrogen-bond donors (Lipinski definition) is 2. The molecule has 0 spiro atoms. The van der Waals surface area contributed by atoms with Crippen LogP contribution >= 0.6 is 0 Å². The SMILES string of the molecule is C=N[C@@H](/C=C(\CC)CC/C=C\C)NN. The third-order valence-electron chi connectivity index (χ3n) is 2.08. The van der Waals surface area contributed by atoms with Crippen molar-refractivity contribution in [3.05, 3.63) is 23.8 Å². The smallest absolute Gasteiger partial charge is 0.130 e. The Kier molecular flexibility index (Phi) is 8.08. The number of aliphatic imine (C=N–C) groups is 1. The summed E-state index contributed by atoms with van der Waals surface area (Å²) in [6.45, 7) is 7.63. The lowest BCUT2D eigenvalue weighted by Gasteiger charge is -2.08. The van der Waals surface area contributed by atoms with Crippen LogP contribution in [0.1, 0.15) is 33.1 Å². The third kappa shape index (κ3) is 5.67. The maximum absolute atomic E-state index is 5.30. The Morgan fingerprint density at radius 1 is 1.64 bits per heavy atom. The molecule has 0 radical (unpaired) electrons. The van der Waals surface area contributed by atoms with E-state index >= 15 is 0 Å². The Bertz CT molecular complexity index is 207. The van der Waals surface area contributed by atoms with Crippen LogP contribution in [0, 0.1) is 0 Å². The average Bonchev–Trinajstić information content (AvgIpc) is 2.23. The Morgan fingerprint density at radius 3 is 2.79 bits per heavy atom. The van der Waals surface area contributed by atoms with Crippen molar-refractivity contribution in [1.29, 1.82) is 0 Å². The number of nitrogens with two attached hydrogens (primary N) is 1. The van der Waals surface area contributed by atoms with Gasteiger partial charge in [0, 0.05) is 0 Å². The van der Waals surface area contributed by atoms with E-state index in [4.69, 9.17) is 5.84 Å². The molecule has 80 valence electrons. The molecule has 0 saturated carbocycles. The molecule has 0 aliphatic heterocycles. The molecule has 0 rings (SSSR count). The van der Waals surface area contributed by atoms with Crippen molar-refractivity contribution in [2.75, 3.05) is 0 Å². The first-order chi connectivity index (χ1) is 6.78. The largest absolute Gasteiger partial charge is 0.277 e. The van der Waals surface area contributed by atoms with E-state index in [1.807, 2.05) is 13.0 Å². The second-order valence-electron chi connectivity index (χ2n) is 3.08. The molecule has 14 heavy (non-hydrogen) atoms. The first-order valence-corrected chi connectivity index (χ1v) is 5.01. The van der Waals surface area contributed by atoms with Crippen LogP contribution in [0.25, 0.3) is 0 Å². The molecule has 0 aromatic rings. The number of allylic oxidation sites excluding steroid dienone is 3. The van der Waals surface area contributed by atoms with E-state index in [1.165, 1.54) is 5.57 Å². The Morgan fingerprint density at radius 2 is 2.36 bits per heavy atom. The molecule has 0 aromatic carbocycles. The highest BCUT2D eigenvalue weighted by atomic mass is 15.3. The zero-order chi connectivity index (χ0) is 10.8. The zero-order valence-corrected chi connectivity index (χ0v) is 9.16. The lowest BCUT2D eigenvalue weighted by Crippen LogP contribution is -2.31. The number of hydrazine groups is 1. The molecule has 3 N–H and O–H groups in total. The van der Waals surface area contributed by atoms with E-state index in [1.54, 1.807) is 0 Å². The number of nitrogens with zero attached hydrogens (tertiary/aromatic N) is 1. The van der Waals surface area contributed by atoms with Crippen LogP contribution < -0.4 is 11.3 Å². The maximum Gasteiger partial charge on any atom is 0.130 e. The summed E-state index contributed by atoms with van der Waals surface area (Å²) in [5.41, 5.74) is 3.94. The van der Waals surface area contributed by atoms with Gasteiger partial charge in [-0.1, -0.05) is 24.6 Å². The van der Waals surface area contributed by atoms with Gasteiger partial charge in [0.15, 0.2) is 0 Å². The Balaban J connectivity index is 4.15. The number of rotatable bonds is 7. The molecule has 0 aliphatic rings. The van der Waals surface area contributed by atoms with E-state index in [-0.39, 0.29) is 6.17 Å². The van der Waals surface area contributed by atoms with Gasteiger partial charge >= 0.3 is 0 Å². The Labute approximate surface area is 86.8 Å². The quantitative estimate of drug-likeness (QED) is 0.283. The van der Waals surface area contributed by atoms with Crippen molar-refractivity contribution in [3.8, 4) is 0 Å². The third-order valence-corrected chi connectivity index (χ3v) is 2.08. The van der Waals surface area contributed by atoms with E-state index in [0.29, 0.717) is 0 Å². The van der Waals surface area contributed by atoms with Gasteiger partial charge < -0.3 is 0 Å². The minimum absolute atomic E-state index is 0.157. The molecule has 1 atom stereocenters. The van der Waals surface area contributed by atoms with Gasteiger partial charge in [-0.3, -0.25) is 10.8 Å². The summed E-state index contributed by atoms with van der Waals surface area (Å²) in [5.74, 6) is 5.30. The molecule has 0 amide bonds. The minimum atomic E-state index is -0.157. The normalized spacial score (nSPS) is 14.6. The molecule has 0 heterocycles. The first kappa shape index (κ1) is 13.1. The minimum Gasteiger partial charge on any atom is -0.277 e. The topological polar surface area (TPSA) is 50.4 Å². The van der Waals surface area contributed by atoms with Crippen LogP contribution in [0.3, 0.4) is 0 Å². The molecule has 0 aliphatic carbocycles. The maximum atomic E-state index is 5.30. The van der Waals surface area contributed by atoms with Crippen LogP contribution in [0.2, 0.25) is 0 Å². The summed E-state index contributed by atoms with van der Waals surface area (Å²) >= 11 is 0. The van der Waals surface area contributed by atoms with Crippen LogP contribution in [-0.4, -0.2) is 12.9 Å². The van der Waals surface area contributed by atoms with Gasteiger partial charge in [-0.15, -0.1) is 0 Å². The summed E-state index contributed by atoms with van der Waals surface area (Å²) in [5, 5.41) is 0. The first-order valence-electron chi connectivity index (χ1n) is 5.01. The van der Waals surface area contributed by atoms with Gasteiger partial charge in [0.2, 0.25) is 0 Å². The number of hydrogen-bond acceptors (Lipinski definition) is 3. The molecule has 0 unspecified atom stereocenters. The van der Waals surface area contributed by atoms with Gasteiger partial charge in [0.1, 0.15) is 6.17 Å². The van der Waals surface area contributed by atoms with E-state index < -0.39 is 0 Å². The molecule has 3 nitrogen and oxygen atoms in total. The summed E-state index contributed by atoms with van der Waals surface area (Å²) in [7, 11) is 0. The fourth-order valence-corrected chi connectivity index (χ4v) is 1.19. The molecule has 0 saturated heterocycles. The Hall–Kier alpha value is -0.930. The summed E-state index contributed by atoms with van der Waals surface area (Å²) in [6, 6.07) is 0. The lowest BCUT2D eigenvalue weighted by atomic mass is 10.1. The monoisotopic (exact) mass is 195 g/mol. The van der Waals surface area contributed by atoms with Crippen molar-refractivity contribution in [1.82, 2.24) is 5.43 Å². The van der Waals surface area contributed by atoms with Gasteiger partial charge in [0.05, 0.1) is 0 Å². The van der Waals surface area contributed by atoms with Crippen LogP contribution in [0.4, 0.5) is 0 Å². The van der Waals surface area contributed by atoms with E-state index in [2.05, 4.69) is 36.2 Å². The second-order valence-corrected chi connectivity index (χ2v) is 3.08. The van der Waals surface area contributed by atoms with E-state index in [0.717, 1.165) is 19.3 Å². The van der Waals surface area contributed by atoms with Gasteiger partial charge in [-0.05, 0) is 39.0 Å². The highest BCUT2D eigenvalue weighted by molar-refractivity contribution is 5.25. The molecule has 0 fully saturated rings. The predicted octanol–water partition coefficient (Wildman–Crippen LogP) is 2.17. The van der Waals surface area contributed by atoms with Crippen molar-refractivity contribution in [2.45, 2.75) is 39.3 Å². The van der Waals surface area contributed by atoms with Crippen LogP contribution in [0.5, 0.6) is 0 Å². The second kappa shape index (κ2) is 8.66. The van der Waals surface area contributed by atoms with Crippen molar-refractivity contribution in [3.63, 3.8) is 0 Å². The van der Waals surface area contributed by atoms with Crippen molar-refractivity contribution >= 4 is 6.72 Å². The van der Waals surface area contributed by atoms with Gasteiger partial charge in [-0.25, -0.2) is 5.43 Å². The fraction of sp³-hybridized carbons (Fsp3) is 0.545. The van der Waals surface area contributed by atoms with Crippen LogP contribution in [0.15, 0.2) is 28.8 Å². The molecular weight excluding hydrogens is 174 g/mol. The lowest BCUT2D eigenvalue weighted by molar-refractivity contribution is 0.641. The number of nitrogens with one attached hydrogen (secondary N) is 1. The summed E-state index contributed by atoms with van der Waals surface area (Å²) in [4.78, 5) is 3.84. The predicted molar refractivity (Wildman–Crippen MR) is 63.1 cm³/mol. The standard InChI is InChI=1S/C11H21N3/c1-4-6-7-8-10(5-2)9-11(13-3)14-12/h4,6,9,11,14H,3,5,7-8,12H2,1-2H3/b6-4-,10-9+/t11-/m1/s1. The van der Waals surface area contributed by atoms with Crippen molar-refractivity contribution < 1.29 is 0 Å². The highest BCUT2D eigenvalue weighted by Gasteiger charge is 1.99. The van der Waals surface area contributed by atoms with Crippen LogP contribution in [-0.2, 0) is 0 Å². The molecule has 0 aromatic heterocycles. The molecular formula is C11H21N3. The zero-order valence-electron chi connectivity index (χ0n) is 9.16. The van der Waals surface area contributed by atoms with Gasteiger partial charge in [-0.2, -0.15) is 0 Å². The summed E-state index contributed by atoms with van der Waals surface area (Å²) in [6.07, 6.45) is 9.28.